The molecule has 188 valence electrons. The fourth-order valence-electron chi connectivity index (χ4n) is 3.86. The molecule has 0 saturated carbocycles. The van der Waals surface area contributed by atoms with E-state index in [1.165, 1.54) is 24.3 Å². The maximum Gasteiger partial charge on any atom is 0.446 e. The molecule has 3 aromatic rings. The molecule has 7 N–H and O–H groups in total. The SMILES string of the molecule is O=c1cc(-c2ccc(O)cc2)oc2cc(OS(=O)(=O)O)c([C@@H]3OC(CO)[C@@H](O)[C@H](O)C3O)c(O)c12. The fraction of sp³-hybridized carbons (Fsp3) is 0.286. The van der Waals surface area contributed by atoms with Gasteiger partial charge in [0.25, 0.3) is 0 Å². The predicted octanol–water partition coefficient (Wildman–Crippen LogP) is -0.432. The highest BCUT2D eigenvalue weighted by molar-refractivity contribution is 7.81. The second-order valence-corrected chi connectivity index (χ2v) is 8.81. The zero-order chi connectivity index (χ0) is 25.7. The van der Waals surface area contributed by atoms with Gasteiger partial charge in [-0.1, -0.05) is 0 Å². The molecule has 0 amide bonds. The normalized spacial score (nSPS) is 25.0. The van der Waals surface area contributed by atoms with Gasteiger partial charge in [0.15, 0.2) is 11.2 Å². The van der Waals surface area contributed by atoms with Crippen LogP contribution in [0.25, 0.3) is 22.3 Å². The van der Waals surface area contributed by atoms with Crippen LogP contribution in [0.2, 0.25) is 0 Å². The zero-order valence-electron chi connectivity index (χ0n) is 17.5. The molecule has 14 heteroatoms. The van der Waals surface area contributed by atoms with Gasteiger partial charge in [-0.3, -0.25) is 9.35 Å². The summed E-state index contributed by atoms with van der Waals surface area (Å²) in [5.41, 5.74) is -1.52. The van der Waals surface area contributed by atoms with Crippen molar-refractivity contribution in [3.63, 3.8) is 0 Å². The number of phenols is 2. The van der Waals surface area contributed by atoms with Crippen molar-refractivity contribution in [3.8, 4) is 28.6 Å². The van der Waals surface area contributed by atoms with Crippen molar-refractivity contribution in [2.75, 3.05) is 6.61 Å². The van der Waals surface area contributed by atoms with Crippen LogP contribution in [0, 0.1) is 0 Å². The summed E-state index contributed by atoms with van der Waals surface area (Å²) >= 11 is 0. The predicted molar refractivity (Wildman–Crippen MR) is 116 cm³/mol. The molecular formula is C21H20O13S. The van der Waals surface area contributed by atoms with Crippen molar-refractivity contribution in [2.24, 2.45) is 0 Å². The Hall–Kier alpha value is -3.24. The monoisotopic (exact) mass is 512 g/mol. The van der Waals surface area contributed by atoms with E-state index in [2.05, 4.69) is 4.18 Å². The maximum atomic E-state index is 12.9. The quantitative estimate of drug-likeness (QED) is 0.216. The van der Waals surface area contributed by atoms with Gasteiger partial charge in [0.1, 0.15) is 58.7 Å². The summed E-state index contributed by atoms with van der Waals surface area (Å²) in [4.78, 5) is 12.9. The molecule has 0 radical (unpaired) electrons. The highest BCUT2D eigenvalue weighted by atomic mass is 32.3. The fourth-order valence-corrected chi connectivity index (χ4v) is 4.23. The number of hydrogen-bond acceptors (Lipinski definition) is 12. The van der Waals surface area contributed by atoms with Crippen LogP contribution in [0.5, 0.6) is 17.2 Å². The van der Waals surface area contributed by atoms with E-state index < -0.39 is 75.4 Å². The summed E-state index contributed by atoms with van der Waals surface area (Å²) in [6.45, 7) is -0.831. The van der Waals surface area contributed by atoms with Crippen LogP contribution in [0.3, 0.4) is 0 Å². The highest BCUT2D eigenvalue weighted by Crippen LogP contribution is 2.45. The van der Waals surface area contributed by atoms with Crippen molar-refractivity contribution in [2.45, 2.75) is 30.5 Å². The second kappa shape index (κ2) is 9.09. The van der Waals surface area contributed by atoms with Crippen LogP contribution in [-0.4, -0.2) is 74.6 Å². The summed E-state index contributed by atoms with van der Waals surface area (Å²) < 4.78 is 47.7. The molecule has 2 heterocycles. The Balaban J connectivity index is 1.96. The van der Waals surface area contributed by atoms with Crippen LogP contribution in [0.4, 0.5) is 0 Å². The van der Waals surface area contributed by atoms with Crippen molar-refractivity contribution in [1.29, 1.82) is 0 Å². The molecule has 1 saturated heterocycles. The standard InChI is InChI=1S/C21H20O13S/c22-7-14-17(25)19(27)20(28)21(33-14)16-13(34-35(29,30)31)6-12-15(18(16)26)10(24)5-11(32-12)8-1-3-9(23)4-2-8/h1-6,14,17,19-23,25-28H,7H2,(H,29,30,31)/t14?,17-,19+,20?,21+/m1/s1. The minimum atomic E-state index is -5.22. The number of benzene rings is 2. The van der Waals surface area contributed by atoms with Gasteiger partial charge in [-0.05, 0) is 24.3 Å². The van der Waals surface area contributed by atoms with Crippen molar-refractivity contribution < 1.29 is 56.9 Å². The Morgan fingerprint density at radius 1 is 0.971 bits per heavy atom. The van der Waals surface area contributed by atoms with Gasteiger partial charge in [-0.2, -0.15) is 8.42 Å². The van der Waals surface area contributed by atoms with E-state index in [0.29, 0.717) is 5.56 Å². The van der Waals surface area contributed by atoms with Crippen LogP contribution in [-0.2, 0) is 15.1 Å². The number of aromatic hydroxyl groups is 2. The number of fused-ring (bicyclic) bond motifs is 1. The molecule has 1 aliphatic rings. The third-order valence-corrected chi connectivity index (χ3v) is 5.91. The van der Waals surface area contributed by atoms with Gasteiger partial charge < -0.3 is 44.0 Å². The molecule has 13 nitrogen and oxygen atoms in total. The third-order valence-electron chi connectivity index (χ3n) is 5.52. The van der Waals surface area contributed by atoms with Gasteiger partial charge in [0.2, 0.25) is 0 Å². The Morgan fingerprint density at radius 3 is 2.23 bits per heavy atom. The smallest absolute Gasteiger partial charge is 0.446 e. The van der Waals surface area contributed by atoms with Crippen LogP contribution in [0.15, 0.2) is 45.6 Å². The first kappa shape index (κ1) is 24.9. The van der Waals surface area contributed by atoms with Gasteiger partial charge in [0, 0.05) is 17.7 Å². The Bertz CT molecular complexity index is 1410. The summed E-state index contributed by atoms with van der Waals surface area (Å²) in [7, 11) is -5.22. The van der Waals surface area contributed by atoms with Crippen molar-refractivity contribution in [1.82, 2.24) is 0 Å². The van der Waals surface area contributed by atoms with Crippen LogP contribution in [0.1, 0.15) is 11.7 Å². The summed E-state index contributed by atoms with van der Waals surface area (Å²) in [5.74, 6) is -1.87. The first-order valence-electron chi connectivity index (χ1n) is 10.0. The lowest BCUT2D eigenvalue weighted by Crippen LogP contribution is -2.55. The molecule has 1 fully saturated rings. The number of hydrogen-bond donors (Lipinski definition) is 7. The molecule has 0 bridgehead atoms. The maximum absolute atomic E-state index is 12.9. The molecule has 2 aromatic carbocycles. The van der Waals surface area contributed by atoms with Gasteiger partial charge in [-0.15, -0.1) is 0 Å². The largest absolute Gasteiger partial charge is 0.508 e. The number of aliphatic hydroxyl groups excluding tert-OH is 4. The number of rotatable bonds is 5. The van der Waals surface area contributed by atoms with Gasteiger partial charge >= 0.3 is 10.4 Å². The lowest BCUT2D eigenvalue weighted by atomic mass is 9.89. The number of aliphatic hydroxyl groups is 4. The van der Waals surface area contributed by atoms with E-state index in [-0.39, 0.29) is 17.1 Å². The molecule has 1 aromatic heterocycles. The molecule has 1 aliphatic heterocycles. The zero-order valence-corrected chi connectivity index (χ0v) is 18.4. The lowest BCUT2D eigenvalue weighted by molar-refractivity contribution is -0.232. The Labute approximate surface area is 196 Å². The van der Waals surface area contributed by atoms with E-state index in [9.17, 15) is 48.4 Å². The molecule has 35 heavy (non-hydrogen) atoms. The summed E-state index contributed by atoms with van der Waals surface area (Å²) in [5, 5.41) is 59.9. The number of ether oxygens (including phenoxy) is 1. The minimum absolute atomic E-state index is 0.0275. The van der Waals surface area contributed by atoms with Crippen LogP contribution < -0.4 is 9.61 Å². The number of phenolic OH excluding ortho intramolecular Hbond substituents is 2. The Kier molecular flexibility index (Phi) is 6.46. The molecule has 4 rings (SSSR count). The Morgan fingerprint density at radius 2 is 1.63 bits per heavy atom. The van der Waals surface area contributed by atoms with Crippen LogP contribution >= 0.6 is 0 Å². The van der Waals surface area contributed by atoms with E-state index in [1.54, 1.807) is 0 Å². The molecule has 2 unspecified atom stereocenters. The van der Waals surface area contributed by atoms with Crippen molar-refractivity contribution >= 4 is 21.4 Å². The van der Waals surface area contributed by atoms with E-state index in [0.717, 1.165) is 12.1 Å². The molecule has 5 atom stereocenters. The van der Waals surface area contributed by atoms with E-state index >= 15 is 0 Å². The van der Waals surface area contributed by atoms with Crippen molar-refractivity contribution in [3.05, 3.63) is 52.2 Å². The average molecular weight is 512 g/mol. The minimum Gasteiger partial charge on any atom is -0.508 e. The first-order valence-corrected chi connectivity index (χ1v) is 11.4. The lowest BCUT2D eigenvalue weighted by Gasteiger charge is -2.40. The first-order chi connectivity index (χ1) is 16.4. The van der Waals surface area contributed by atoms with Gasteiger partial charge in [-0.25, -0.2) is 0 Å². The van der Waals surface area contributed by atoms with Gasteiger partial charge in [0.05, 0.1) is 12.2 Å². The second-order valence-electron chi connectivity index (χ2n) is 7.79. The average Bonchev–Trinajstić information content (AvgIpc) is 2.77. The highest BCUT2D eigenvalue weighted by Gasteiger charge is 2.46. The molecular weight excluding hydrogens is 492 g/mol. The summed E-state index contributed by atoms with van der Waals surface area (Å²) in [6.07, 6.45) is -8.92. The molecule has 0 aliphatic carbocycles. The summed E-state index contributed by atoms with van der Waals surface area (Å²) in [6, 6.07) is 7.35. The van der Waals surface area contributed by atoms with E-state index in [4.69, 9.17) is 9.15 Å². The molecule has 0 spiro atoms. The topological polar surface area (TPSA) is 224 Å². The third kappa shape index (κ3) is 4.68. The van der Waals surface area contributed by atoms with E-state index in [1.807, 2.05) is 0 Å².